The first-order chi connectivity index (χ1) is 18.0. The number of halogens is 1. The largest absolute Gasteiger partial charge is 0.380 e. The van der Waals surface area contributed by atoms with Crippen molar-refractivity contribution in [2.24, 2.45) is 4.99 Å². The molecule has 3 aromatic carbocycles. The summed E-state index contributed by atoms with van der Waals surface area (Å²) in [6, 6.07) is 16.4. The standard InChI is InChI=1S/C25H24ClN3O6S3/c1-3-35-15-14-29-22-13-12-21(37(2,31)32)16-23(22)36-25(29)27-24(30)17-4-8-19(9-5-17)28-38(33,34)20-10-6-18(26)7-11-20/h4-13,16,28H,3,14-15H2,1-2H3. The summed E-state index contributed by atoms with van der Waals surface area (Å²) in [5.41, 5.74) is 1.27. The number of sulfonamides is 1. The number of nitrogens with zero attached hydrogens (tertiary/aromatic N) is 2. The minimum absolute atomic E-state index is 0.0532. The molecule has 1 aromatic heterocycles. The molecular weight excluding hydrogens is 570 g/mol. The second-order valence-corrected chi connectivity index (χ2v) is 13.3. The number of fused-ring (bicyclic) bond motifs is 1. The van der Waals surface area contributed by atoms with Crippen molar-refractivity contribution < 1.29 is 26.4 Å². The van der Waals surface area contributed by atoms with Crippen molar-refractivity contribution in [2.75, 3.05) is 24.2 Å². The van der Waals surface area contributed by atoms with Crippen molar-refractivity contribution in [1.82, 2.24) is 4.57 Å². The summed E-state index contributed by atoms with van der Waals surface area (Å²) in [7, 11) is -7.23. The van der Waals surface area contributed by atoms with Crippen LogP contribution in [-0.2, 0) is 31.1 Å². The molecule has 0 unspecified atom stereocenters. The second kappa shape index (κ2) is 11.4. The van der Waals surface area contributed by atoms with Crippen molar-refractivity contribution >= 4 is 64.6 Å². The molecule has 200 valence electrons. The summed E-state index contributed by atoms with van der Waals surface area (Å²) in [5.74, 6) is -0.530. The Kier molecular flexibility index (Phi) is 8.38. The maximum Gasteiger partial charge on any atom is 0.279 e. The molecule has 9 nitrogen and oxygen atoms in total. The lowest BCUT2D eigenvalue weighted by Crippen LogP contribution is -2.19. The van der Waals surface area contributed by atoms with E-state index in [1.54, 1.807) is 12.1 Å². The molecule has 0 aliphatic carbocycles. The van der Waals surface area contributed by atoms with E-state index in [1.807, 2.05) is 11.5 Å². The molecule has 1 heterocycles. The highest BCUT2D eigenvalue weighted by Crippen LogP contribution is 2.23. The SMILES string of the molecule is CCOCCn1c(=NC(=O)c2ccc(NS(=O)(=O)c3ccc(Cl)cc3)cc2)sc2cc(S(C)(=O)=O)ccc21. The number of carbonyl (C=O) groups is 1. The first-order valence-electron chi connectivity index (χ1n) is 11.4. The van der Waals surface area contributed by atoms with E-state index in [2.05, 4.69) is 9.71 Å². The van der Waals surface area contributed by atoms with Gasteiger partial charge in [0, 0.05) is 35.7 Å². The van der Waals surface area contributed by atoms with Gasteiger partial charge in [-0.2, -0.15) is 4.99 Å². The van der Waals surface area contributed by atoms with Crippen molar-refractivity contribution in [3.05, 3.63) is 82.1 Å². The van der Waals surface area contributed by atoms with Gasteiger partial charge in [0.1, 0.15) is 0 Å². The third-order valence-corrected chi connectivity index (χ3v) is 9.25. The molecule has 0 aliphatic rings. The number of hydrogen-bond acceptors (Lipinski definition) is 7. The lowest BCUT2D eigenvalue weighted by molar-refractivity contribution is 0.0996. The summed E-state index contributed by atoms with van der Waals surface area (Å²) in [4.78, 5) is 17.9. The Labute approximate surface area is 229 Å². The lowest BCUT2D eigenvalue weighted by Gasteiger charge is -2.08. The number of carbonyl (C=O) groups excluding carboxylic acids is 1. The Bertz CT molecular complexity index is 1760. The quantitative estimate of drug-likeness (QED) is 0.288. The number of amides is 1. The molecule has 0 radical (unpaired) electrons. The molecule has 0 spiro atoms. The highest BCUT2D eigenvalue weighted by atomic mass is 35.5. The third-order valence-electron chi connectivity index (χ3n) is 5.45. The average Bonchev–Trinajstić information content (AvgIpc) is 3.20. The van der Waals surface area contributed by atoms with Crippen LogP contribution in [0.4, 0.5) is 5.69 Å². The van der Waals surface area contributed by atoms with Gasteiger partial charge >= 0.3 is 0 Å². The summed E-state index contributed by atoms with van der Waals surface area (Å²) in [5, 5.41) is 0.421. The Morgan fingerprint density at radius 1 is 1.00 bits per heavy atom. The van der Waals surface area contributed by atoms with Crippen LogP contribution >= 0.6 is 22.9 Å². The first kappa shape index (κ1) is 28.0. The van der Waals surface area contributed by atoms with Gasteiger partial charge in [-0.3, -0.25) is 9.52 Å². The fourth-order valence-electron chi connectivity index (χ4n) is 3.55. The van der Waals surface area contributed by atoms with Crippen LogP contribution in [0.2, 0.25) is 5.02 Å². The molecular formula is C25H24ClN3O6S3. The van der Waals surface area contributed by atoms with E-state index in [-0.39, 0.29) is 21.0 Å². The number of benzene rings is 3. The van der Waals surface area contributed by atoms with Crippen molar-refractivity contribution in [2.45, 2.75) is 23.3 Å². The van der Waals surface area contributed by atoms with E-state index in [4.69, 9.17) is 16.3 Å². The number of sulfone groups is 1. The topological polar surface area (TPSA) is 124 Å². The first-order valence-corrected chi connectivity index (χ1v) is 15.9. The molecule has 13 heteroatoms. The van der Waals surface area contributed by atoms with Crippen molar-refractivity contribution in [3.8, 4) is 0 Å². The predicted octanol–water partition coefficient (Wildman–Crippen LogP) is 4.34. The molecule has 0 fully saturated rings. The summed E-state index contributed by atoms with van der Waals surface area (Å²) >= 11 is 7.03. The highest BCUT2D eigenvalue weighted by molar-refractivity contribution is 7.92. The molecule has 0 saturated carbocycles. The van der Waals surface area contributed by atoms with Crippen molar-refractivity contribution in [3.63, 3.8) is 0 Å². The minimum atomic E-state index is -3.83. The normalized spacial score (nSPS) is 12.7. The van der Waals surface area contributed by atoms with Crippen LogP contribution in [-0.4, -0.2) is 46.8 Å². The molecule has 0 atom stereocenters. The van der Waals surface area contributed by atoms with E-state index < -0.39 is 25.8 Å². The summed E-state index contributed by atoms with van der Waals surface area (Å²) < 4.78 is 59.6. The van der Waals surface area contributed by atoms with E-state index in [1.165, 1.54) is 65.9 Å². The highest BCUT2D eigenvalue weighted by Gasteiger charge is 2.16. The number of hydrogen-bond donors (Lipinski definition) is 1. The number of aromatic nitrogens is 1. The minimum Gasteiger partial charge on any atom is -0.380 e. The Morgan fingerprint density at radius 2 is 1.66 bits per heavy atom. The maximum absolute atomic E-state index is 13.0. The average molecular weight is 594 g/mol. The van der Waals surface area contributed by atoms with Crippen LogP contribution in [0.15, 0.2) is 81.5 Å². The van der Waals surface area contributed by atoms with Crippen molar-refractivity contribution in [1.29, 1.82) is 0 Å². The van der Waals surface area contributed by atoms with Gasteiger partial charge < -0.3 is 9.30 Å². The van der Waals surface area contributed by atoms with E-state index in [0.717, 1.165) is 11.8 Å². The van der Waals surface area contributed by atoms with E-state index >= 15 is 0 Å². The monoisotopic (exact) mass is 593 g/mol. The number of ether oxygens (including phenoxy) is 1. The van der Waals surface area contributed by atoms with Crippen LogP contribution < -0.4 is 9.52 Å². The molecule has 4 aromatic rings. The van der Waals surface area contributed by atoms with Gasteiger partial charge in [-0.1, -0.05) is 22.9 Å². The van der Waals surface area contributed by atoms with Crippen LogP contribution in [0.3, 0.4) is 0 Å². The molecule has 4 rings (SSSR count). The van der Waals surface area contributed by atoms with E-state index in [0.29, 0.717) is 34.3 Å². The zero-order chi connectivity index (χ0) is 27.5. The number of anilines is 1. The van der Waals surface area contributed by atoms with Gasteiger partial charge in [-0.05, 0) is 73.7 Å². The number of nitrogens with one attached hydrogen (secondary N) is 1. The molecule has 0 saturated heterocycles. The summed E-state index contributed by atoms with van der Waals surface area (Å²) in [6.07, 6.45) is 1.14. The Balaban J connectivity index is 1.63. The van der Waals surface area contributed by atoms with Gasteiger partial charge in [0.15, 0.2) is 14.6 Å². The van der Waals surface area contributed by atoms with Gasteiger partial charge in [0.25, 0.3) is 15.9 Å². The molecule has 38 heavy (non-hydrogen) atoms. The zero-order valence-electron chi connectivity index (χ0n) is 20.4. The smallest absolute Gasteiger partial charge is 0.279 e. The number of rotatable bonds is 9. The second-order valence-electron chi connectivity index (χ2n) is 8.19. The lowest BCUT2D eigenvalue weighted by atomic mass is 10.2. The fourth-order valence-corrected chi connectivity index (χ4v) is 6.55. The molecule has 0 aliphatic heterocycles. The van der Waals surface area contributed by atoms with Crippen LogP contribution in [0, 0.1) is 0 Å². The number of thiazole rings is 1. The van der Waals surface area contributed by atoms with E-state index in [9.17, 15) is 21.6 Å². The molecule has 0 bridgehead atoms. The van der Waals surface area contributed by atoms with Crippen LogP contribution in [0.25, 0.3) is 10.2 Å². The summed E-state index contributed by atoms with van der Waals surface area (Å²) in [6.45, 7) is 3.22. The fraction of sp³-hybridized carbons (Fsp3) is 0.200. The third kappa shape index (κ3) is 6.51. The molecule has 1 N–H and O–H groups in total. The van der Waals surface area contributed by atoms with Gasteiger partial charge in [0.05, 0.1) is 26.6 Å². The van der Waals surface area contributed by atoms with Gasteiger partial charge in [-0.25, -0.2) is 16.8 Å². The zero-order valence-corrected chi connectivity index (χ0v) is 23.6. The van der Waals surface area contributed by atoms with Crippen LogP contribution in [0.1, 0.15) is 17.3 Å². The maximum atomic E-state index is 13.0. The predicted molar refractivity (Wildman–Crippen MR) is 148 cm³/mol. The Morgan fingerprint density at radius 3 is 2.29 bits per heavy atom. The van der Waals surface area contributed by atoms with Crippen LogP contribution in [0.5, 0.6) is 0 Å². The van der Waals surface area contributed by atoms with Gasteiger partial charge in [-0.15, -0.1) is 0 Å². The Hall–Kier alpha value is -3.03. The van der Waals surface area contributed by atoms with Gasteiger partial charge in [0.2, 0.25) is 0 Å². The molecule has 1 amide bonds.